The molecular weight excluding hydrogens is 564 g/mol. The number of benzene rings is 3. The van der Waals surface area contributed by atoms with Gasteiger partial charge in [0.2, 0.25) is 5.91 Å². The van der Waals surface area contributed by atoms with Gasteiger partial charge in [-0.3, -0.25) is 9.36 Å². The van der Waals surface area contributed by atoms with Crippen LogP contribution in [0.5, 0.6) is 0 Å². The van der Waals surface area contributed by atoms with Crippen LogP contribution in [-0.2, 0) is 11.2 Å². The number of aromatic amines is 1. The molecule has 0 bridgehead atoms. The standard InChI is InChI=1S/C36H44N6O3/c43-34(40-20-14-29(15-21-40)39-18-6-1-7-19-39)32(25-26-12-13-27-8-2-3-9-28(27)24-26)38-35(44)41-22-16-30(17-23-41)42-33-11-5-4-10-31(33)37-36(42)45/h2-5,8-13,24,29-30,32H,1,6-7,14-23,25H2,(H,37,45)(H,38,44)/t32-/m1/s1. The summed E-state index contributed by atoms with van der Waals surface area (Å²) in [7, 11) is 0. The lowest BCUT2D eigenvalue weighted by Crippen LogP contribution is -2.56. The zero-order valence-electron chi connectivity index (χ0n) is 26.0. The van der Waals surface area contributed by atoms with E-state index in [-0.39, 0.29) is 23.7 Å². The normalized spacial score (nSPS) is 19.6. The third kappa shape index (κ3) is 6.36. The average molecular weight is 609 g/mol. The van der Waals surface area contributed by atoms with Gasteiger partial charge in [0.15, 0.2) is 0 Å². The lowest BCUT2D eigenvalue weighted by atomic mass is 9.97. The number of imidazole rings is 1. The first-order chi connectivity index (χ1) is 22.0. The highest BCUT2D eigenvalue weighted by molar-refractivity contribution is 5.88. The van der Waals surface area contributed by atoms with E-state index in [2.05, 4.69) is 45.5 Å². The van der Waals surface area contributed by atoms with E-state index in [0.29, 0.717) is 38.4 Å². The summed E-state index contributed by atoms with van der Waals surface area (Å²) in [6.45, 7) is 4.86. The summed E-state index contributed by atoms with van der Waals surface area (Å²) in [5.74, 6) is 0.00818. The Labute approximate surface area is 264 Å². The molecule has 3 aliphatic heterocycles. The number of nitrogens with one attached hydrogen (secondary N) is 2. The van der Waals surface area contributed by atoms with Gasteiger partial charge in [-0.2, -0.15) is 0 Å². The van der Waals surface area contributed by atoms with Crippen molar-refractivity contribution < 1.29 is 9.59 Å². The maximum atomic E-state index is 14.1. The maximum absolute atomic E-state index is 14.1. The van der Waals surface area contributed by atoms with Crippen LogP contribution in [0.3, 0.4) is 0 Å². The lowest BCUT2D eigenvalue weighted by molar-refractivity contribution is -0.134. The summed E-state index contributed by atoms with van der Waals surface area (Å²) in [5, 5.41) is 5.44. The first kappa shape index (κ1) is 29.6. The molecule has 3 saturated heterocycles. The van der Waals surface area contributed by atoms with Gasteiger partial charge in [-0.1, -0.05) is 61.0 Å². The van der Waals surface area contributed by atoms with Crippen LogP contribution >= 0.6 is 0 Å². The van der Waals surface area contributed by atoms with Crippen molar-refractivity contribution in [2.24, 2.45) is 0 Å². The number of fused-ring (bicyclic) bond motifs is 2. The van der Waals surface area contributed by atoms with Crippen molar-refractivity contribution in [3.8, 4) is 0 Å². The van der Waals surface area contributed by atoms with Crippen LogP contribution in [0.15, 0.2) is 71.5 Å². The molecule has 0 saturated carbocycles. The Morgan fingerprint density at radius 2 is 1.42 bits per heavy atom. The number of amides is 3. The minimum atomic E-state index is -0.640. The van der Waals surface area contributed by atoms with Crippen LogP contribution in [0.1, 0.15) is 56.6 Å². The van der Waals surface area contributed by atoms with Crippen LogP contribution in [-0.4, -0.2) is 87.5 Å². The molecule has 1 aromatic heterocycles. The van der Waals surface area contributed by atoms with Gasteiger partial charge in [-0.25, -0.2) is 9.59 Å². The van der Waals surface area contributed by atoms with Gasteiger partial charge in [-0.05, 0) is 80.1 Å². The van der Waals surface area contributed by atoms with E-state index in [1.807, 2.05) is 45.9 Å². The van der Waals surface area contributed by atoms with E-state index in [4.69, 9.17) is 0 Å². The smallest absolute Gasteiger partial charge is 0.326 e. The Morgan fingerprint density at radius 3 is 2.20 bits per heavy atom. The van der Waals surface area contributed by atoms with E-state index in [0.717, 1.165) is 53.3 Å². The largest absolute Gasteiger partial charge is 0.341 e. The quantitative estimate of drug-likeness (QED) is 0.325. The molecule has 3 amide bonds. The number of piperidine rings is 3. The highest BCUT2D eigenvalue weighted by Gasteiger charge is 2.33. The fraction of sp³-hybridized carbons (Fsp3) is 0.472. The van der Waals surface area contributed by atoms with E-state index in [9.17, 15) is 14.4 Å². The van der Waals surface area contributed by atoms with E-state index < -0.39 is 6.04 Å². The number of aromatic nitrogens is 2. The Hall–Kier alpha value is -4.11. The highest BCUT2D eigenvalue weighted by Crippen LogP contribution is 2.26. The molecular formula is C36H44N6O3. The summed E-state index contributed by atoms with van der Waals surface area (Å²) in [6, 6.07) is 22.0. The maximum Gasteiger partial charge on any atom is 0.326 e. The number of H-pyrrole nitrogens is 1. The molecule has 4 aromatic rings. The van der Waals surface area contributed by atoms with Gasteiger partial charge in [0.1, 0.15) is 6.04 Å². The fourth-order valence-electron chi connectivity index (χ4n) is 7.76. The Bertz CT molecular complexity index is 1710. The summed E-state index contributed by atoms with van der Waals surface area (Å²) in [4.78, 5) is 49.9. The van der Waals surface area contributed by atoms with Gasteiger partial charge in [0.05, 0.1) is 11.0 Å². The molecule has 0 spiro atoms. The predicted molar refractivity (Wildman–Crippen MR) is 177 cm³/mol. The number of carbonyl (C=O) groups is 2. The first-order valence-corrected chi connectivity index (χ1v) is 16.8. The average Bonchev–Trinajstić information content (AvgIpc) is 3.43. The van der Waals surface area contributed by atoms with Crippen LogP contribution in [0.25, 0.3) is 21.8 Å². The van der Waals surface area contributed by atoms with Crippen molar-refractivity contribution in [3.63, 3.8) is 0 Å². The molecule has 3 aliphatic rings. The molecule has 9 heteroatoms. The van der Waals surface area contributed by atoms with E-state index in [1.165, 1.54) is 32.4 Å². The molecule has 236 valence electrons. The van der Waals surface area contributed by atoms with Gasteiger partial charge >= 0.3 is 11.7 Å². The molecule has 4 heterocycles. The van der Waals surface area contributed by atoms with Crippen molar-refractivity contribution in [2.75, 3.05) is 39.3 Å². The van der Waals surface area contributed by atoms with Crippen molar-refractivity contribution in [3.05, 3.63) is 82.8 Å². The molecule has 0 aliphatic carbocycles. The Morgan fingerprint density at radius 1 is 0.756 bits per heavy atom. The SMILES string of the molecule is O=C(N[C@H](Cc1ccc2ccccc2c1)C(=O)N1CCC(N2CCCCC2)CC1)N1CCC(n2c(=O)[nH]c3ccccc32)CC1. The molecule has 9 nitrogen and oxygen atoms in total. The fourth-order valence-corrected chi connectivity index (χ4v) is 7.76. The number of rotatable bonds is 6. The monoisotopic (exact) mass is 608 g/mol. The highest BCUT2D eigenvalue weighted by atomic mass is 16.2. The second-order valence-electron chi connectivity index (χ2n) is 13.1. The topological polar surface area (TPSA) is 93.7 Å². The van der Waals surface area contributed by atoms with Crippen LogP contribution in [0.4, 0.5) is 4.79 Å². The molecule has 3 fully saturated rings. The minimum Gasteiger partial charge on any atom is -0.341 e. The number of hydrogen-bond donors (Lipinski definition) is 2. The summed E-state index contributed by atoms with van der Waals surface area (Å²) < 4.78 is 1.84. The summed E-state index contributed by atoms with van der Waals surface area (Å²) in [5.41, 5.74) is 2.66. The second-order valence-corrected chi connectivity index (χ2v) is 13.1. The molecule has 3 aromatic carbocycles. The Balaban J connectivity index is 1.03. The van der Waals surface area contributed by atoms with E-state index in [1.54, 1.807) is 4.90 Å². The molecule has 7 rings (SSSR count). The molecule has 1 atom stereocenters. The van der Waals surface area contributed by atoms with Gasteiger partial charge < -0.3 is 25.0 Å². The third-order valence-electron chi connectivity index (χ3n) is 10.3. The number of para-hydroxylation sites is 2. The number of carbonyl (C=O) groups excluding carboxylic acids is 2. The van der Waals surface area contributed by atoms with Gasteiger partial charge in [0.25, 0.3) is 0 Å². The van der Waals surface area contributed by atoms with Crippen molar-refractivity contribution in [1.29, 1.82) is 0 Å². The van der Waals surface area contributed by atoms with Gasteiger partial charge in [0, 0.05) is 44.7 Å². The van der Waals surface area contributed by atoms with Gasteiger partial charge in [-0.15, -0.1) is 0 Å². The zero-order valence-corrected chi connectivity index (χ0v) is 26.0. The molecule has 45 heavy (non-hydrogen) atoms. The van der Waals surface area contributed by atoms with Crippen LogP contribution < -0.4 is 11.0 Å². The number of urea groups is 1. The molecule has 0 unspecified atom stereocenters. The molecule has 2 N–H and O–H groups in total. The lowest BCUT2D eigenvalue weighted by Gasteiger charge is -2.41. The van der Waals surface area contributed by atoms with Crippen LogP contribution in [0, 0.1) is 0 Å². The second kappa shape index (κ2) is 13.1. The predicted octanol–water partition coefficient (Wildman–Crippen LogP) is 4.92. The first-order valence-electron chi connectivity index (χ1n) is 16.8. The summed E-state index contributed by atoms with van der Waals surface area (Å²) in [6.07, 6.45) is 7.66. The van der Waals surface area contributed by atoms with Crippen molar-refractivity contribution in [1.82, 2.24) is 29.6 Å². The molecule has 0 radical (unpaired) electrons. The summed E-state index contributed by atoms with van der Waals surface area (Å²) >= 11 is 0. The van der Waals surface area contributed by atoms with Crippen LogP contribution in [0.2, 0.25) is 0 Å². The third-order valence-corrected chi connectivity index (χ3v) is 10.3. The number of likely N-dealkylation sites (tertiary alicyclic amines) is 3. The Kier molecular flexibility index (Phi) is 8.61. The van der Waals surface area contributed by atoms with Crippen molar-refractivity contribution >= 4 is 33.7 Å². The number of nitrogens with zero attached hydrogens (tertiary/aromatic N) is 4. The van der Waals surface area contributed by atoms with Crippen molar-refractivity contribution in [2.45, 2.75) is 69.5 Å². The van der Waals surface area contributed by atoms with E-state index >= 15 is 0 Å². The minimum absolute atomic E-state index is 0.00818. The zero-order chi connectivity index (χ0) is 30.8. The number of hydrogen-bond acceptors (Lipinski definition) is 4.